The SMILES string of the molecule is CC1OCCC1(O)CNc1nc(C(F)(F)F)ns1. The molecule has 0 aromatic carbocycles. The highest BCUT2D eigenvalue weighted by Crippen LogP contribution is 2.30. The topological polar surface area (TPSA) is 67.3 Å². The van der Waals surface area contributed by atoms with Crippen molar-refractivity contribution < 1.29 is 23.0 Å². The molecular weight excluding hydrogens is 271 g/mol. The Kier molecular flexibility index (Phi) is 3.47. The van der Waals surface area contributed by atoms with Gasteiger partial charge in [0.1, 0.15) is 5.60 Å². The maximum absolute atomic E-state index is 12.3. The molecular formula is C9H12F3N3O2S. The van der Waals surface area contributed by atoms with E-state index in [1.54, 1.807) is 6.92 Å². The van der Waals surface area contributed by atoms with E-state index in [9.17, 15) is 18.3 Å². The van der Waals surface area contributed by atoms with Crippen molar-refractivity contribution >= 4 is 16.7 Å². The number of nitrogens with zero attached hydrogens (tertiary/aromatic N) is 2. The van der Waals surface area contributed by atoms with Crippen molar-refractivity contribution in [3.05, 3.63) is 5.82 Å². The van der Waals surface area contributed by atoms with Gasteiger partial charge >= 0.3 is 6.18 Å². The van der Waals surface area contributed by atoms with E-state index in [2.05, 4.69) is 14.7 Å². The maximum Gasteiger partial charge on any atom is 0.452 e. The molecule has 1 fully saturated rings. The Hall–Kier alpha value is -0.930. The van der Waals surface area contributed by atoms with Crippen molar-refractivity contribution in [2.45, 2.75) is 31.2 Å². The summed E-state index contributed by atoms with van der Waals surface area (Å²) in [5.41, 5.74) is -1.08. The lowest BCUT2D eigenvalue weighted by Crippen LogP contribution is -2.43. The van der Waals surface area contributed by atoms with Gasteiger partial charge in [0, 0.05) is 31.1 Å². The first-order chi connectivity index (χ1) is 8.31. The van der Waals surface area contributed by atoms with Gasteiger partial charge in [-0.1, -0.05) is 0 Å². The lowest BCUT2D eigenvalue weighted by molar-refractivity contribution is -0.144. The number of anilines is 1. The third kappa shape index (κ3) is 2.73. The summed E-state index contributed by atoms with van der Waals surface area (Å²) in [6, 6.07) is 0. The van der Waals surface area contributed by atoms with E-state index in [1.165, 1.54) is 0 Å². The second kappa shape index (κ2) is 4.63. The fourth-order valence-corrected chi connectivity index (χ4v) is 2.22. The summed E-state index contributed by atoms with van der Waals surface area (Å²) in [5.74, 6) is -1.17. The number of nitrogens with one attached hydrogen (secondary N) is 1. The van der Waals surface area contributed by atoms with E-state index in [4.69, 9.17) is 4.74 Å². The second-order valence-corrected chi connectivity index (χ2v) is 4.89. The summed E-state index contributed by atoms with van der Waals surface area (Å²) in [5, 5.41) is 12.8. The normalized spacial score (nSPS) is 28.6. The molecule has 2 rings (SSSR count). The van der Waals surface area contributed by atoms with Gasteiger partial charge in [-0.3, -0.25) is 0 Å². The standard InChI is InChI=1S/C9H12F3N3O2S/c1-5-8(16,2-3-17-5)4-13-7-14-6(15-18-7)9(10,11)12/h5,16H,2-4H2,1H3,(H,13,14,15). The average molecular weight is 283 g/mol. The molecule has 9 heteroatoms. The first kappa shape index (κ1) is 13.5. The van der Waals surface area contributed by atoms with Gasteiger partial charge in [0.2, 0.25) is 11.0 Å². The van der Waals surface area contributed by atoms with E-state index in [-0.39, 0.29) is 17.8 Å². The number of halogens is 3. The Morgan fingerprint density at radius 3 is 2.83 bits per heavy atom. The Bertz CT molecular complexity index is 425. The van der Waals surface area contributed by atoms with Crippen LogP contribution in [-0.4, -0.2) is 39.3 Å². The molecule has 0 saturated carbocycles. The fraction of sp³-hybridized carbons (Fsp3) is 0.778. The number of aromatic nitrogens is 2. The lowest BCUT2D eigenvalue weighted by atomic mass is 9.97. The molecule has 0 spiro atoms. The van der Waals surface area contributed by atoms with Gasteiger partial charge in [-0.25, -0.2) is 0 Å². The number of aliphatic hydroxyl groups is 1. The highest BCUT2D eigenvalue weighted by atomic mass is 32.1. The van der Waals surface area contributed by atoms with Gasteiger partial charge in [-0.2, -0.15) is 22.5 Å². The first-order valence-electron chi connectivity index (χ1n) is 5.30. The van der Waals surface area contributed by atoms with Crippen molar-refractivity contribution in [2.75, 3.05) is 18.5 Å². The van der Waals surface area contributed by atoms with E-state index < -0.39 is 17.6 Å². The average Bonchev–Trinajstić information content (AvgIpc) is 2.84. The van der Waals surface area contributed by atoms with Gasteiger partial charge in [0.25, 0.3) is 0 Å². The highest BCUT2D eigenvalue weighted by Gasteiger charge is 2.40. The van der Waals surface area contributed by atoms with Crippen LogP contribution in [0.2, 0.25) is 0 Å². The molecule has 18 heavy (non-hydrogen) atoms. The molecule has 0 aliphatic carbocycles. The van der Waals surface area contributed by atoms with Crippen LogP contribution in [0.3, 0.4) is 0 Å². The molecule has 2 atom stereocenters. The molecule has 1 aliphatic rings. The number of hydrogen-bond acceptors (Lipinski definition) is 6. The molecule has 0 amide bonds. The minimum absolute atomic E-state index is 0.0369. The van der Waals surface area contributed by atoms with Crippen LogP contribution in [0.15, 0.2) is 0 Å². The molecule has 1 aromatic rings. The molecule has 1 aromatic heterocycles. The lowest BCUT2D eigenvalue weighted by Gasteiger charge is -2.25. The van der Waals surface area contributed by atoms with Crippen LogP contribution < -0.4 is 5.32 Å². The van der Waals surface area contributed by atoms with E-state index in [0.717, 1.165) is 0 Å². The summed E-state index contributed by atoms with van der Waals surface area (Å²) in [6.45, 7) is 2.24. The summed E-state index contributed by atoms with van der Waals surface area (Å²) in [6.07, 6.45) is -4.47. The highest BCUT2D eigenvalue weighted by molar-refractivity contribution is 7.09. The monoisotopic (exact) mass is 283 g/mol. The van der Waals surface area contributed by atoms with Crippen LogP contribution in [0.4, 0.5) is 18.3 Å². The molecule has 2 N–H and O–H groups in total. The molecule has 2 unspecified atom stereocenters. The van der Waals surface area contributed by atoms with Gasteiger partial charge in [-0.05, 0) is 6.92 Å². The molecule has 5 nitrogen and oxygen atoms in total. The van der Waals surface area contributed by atoms with Crippen LogP contribution >= 0.6 is 11.5 Å². The summed E-state index contributed by atoms with van der Waals surface area (Å²) < 4.78 is 45.2. The predicted molar refractivity (Wildman–Crippen MR) is 58.4 cm³/mol. The van der Waals surface area contributed by atoms with Gasteiger partial charge in [0.05, 0.1) is 6.10 Å². The smallest absolute Gasteiger partial charge is 0.385 e. The zero-order valence-electron chi connectivity index (χ0n) is 9.49. The van der Waals surface area contributed by atoms with E-state index in [1.807, 2.05) is 0 Å². The van der Waals surface area contributed by atoms with Crippen molar-refractivity contribution in [2.24, 2.45) is 0 Å². The number of alkyl halides is 3. The zero-order valence-corrected chi connectivity index (χ0v) is 10.3. The molecule has 1 saturated heterocycles. The third-order valence-electron chi connectivity index (χ3n) is 2.88. The van der Waals surface area contributed by atoms with E-state index in [0.29, 0.717) is 24.6 Å². The zero-order chi connectivity index (χ0) is 13.4. The minimum Gasteiger partial charge on any atom is -0.385 e. The van der Waals surface area contributed by atoms with Crippen LogP contribution in [0.25, 0.3) is 0 Å². The van der Waals surface area contributed by atoms with Crippen LogP contribution in [0.1, 0.15) is 19.2 Å². The van der Waals surface area contributed by atoms with E-state index >= 15 is 0 Å². The van der Waals surface area contributed by atoms with Gasteiger partial charge in [0.15, 0.2) is 0 Å². The van der Waals surface area contributed by atoms with Crippen molar-refractivity contribution in [3.63, 3.8) is 0 Å². The third-order valence-corrected chi connectivity index (χ3v) is 3.56. The Morgan fingerprint density at radius 1 is 1.61 bits per heavy atom. The Labute approximate surface area is 105 Å². The second-order valence-electron chi connectivity index (χ2n) is 4.14. The molecule has 1 aliphatic heterocycles. The molecule has 2 heterocycles. The summed E-state index contributed by atoms with van der Waals surface area (Å²) >= 11 is 0.616. The van der Waals surface area contributed by atoms with Crippen molar-refractivity contribution in [1.29, 1.82) is 0 Å². The van der Waals surface area contributed by atoms with Gasteiger partial charge < -0.3 is 15.2 Å². The Morgan fingerprint density at radius 2 is 2.33 bits per heavy atom. The Balaban J connectivity index is 1.97. The maximum atomic E-state index is 12.3. The van der Waals surface area contributed by atoms with Crippen LogP contribution in [0, 0.1) is 0 Å². The number of hydrogen-bond donors (Lipinski definition) is 2. The van der Waals surface area contributed by atoms with Crippen molar-refractivity contribution in [1.82, 2.24) is 9.36 Å². The van der Waals surface area contributed by atoms with Crippen molar-refractivity contribution in [3.8, 4) is 0 Å². The minimum atomic E-state index is -4.54. The fourth-order valence-electron chi connectivity index (χ4n) is 1.64. The predicted octanol–water partition coefficient (Wildman–Crippen LogP) is 1.51. The quantitative estimate of drug-likeness (QED) is 0.880. The molecule has 0 bridgehead atoms. The molecule has 0 radical (unpaired) electrons. The number of rotatable bonds is 3. The largest absolute Gasteiger partial charge is 0.452 e. The number of ether oxygens (including phenoxy) is 1. The van der Waals surface area contributed by atoms with Gasteiger partial charge in [-0.15, -0.1) is 0 Å². The molecule has 102 valence electrons. The summed E-state index contributed by atoms with van der Waals surface area (Å²) in [7, 11) is 0. The van der Waals surface area contributed by atoms with Crippen LogP contribution in [-0.2, 0) is 10.9 Å². The van der Waals surface area contributed by atoms with Crippen LogP contribution in [0.5, 0.6) is 0 Å². The summed E-state index contributed by atoms with van der Waals surface area (Å²) in [4.78, 5) is 3.32. The first-order valence-corrected chi connectivity index (χ1v) is 6.07.